The first-order valence-electron chi connectivity index (χ1n) is 6.57. The zero-order valence-corrected chi connectivity index (χ0v) is 11.7. The number of carbonyl (C=O) groups excluding carboxylic acids is 1. The van der Waals surface area contributed by atoms with Crippen LogP contribution in [0.25, 0.3) is 0 Å². The molecule has 0 aromatic heterocycles. The highest BCUT2D eigenvalue weighted by atomic mass is 19.3. The molecule has 1 amide bonds. The topological polar surface area (TPSA) is 50.4 Å². The van der Waals surface area contributed by atoms with E-state index < -0.39 is 6.61 Å². The molecule has 1 aromatic rings. The van der Waals surface area contributed by atoms with Crippen molar-refractivity contribution in [2.24, 2.45) is 0 Å². The molecule has 4 nitrogen and oxygen atoms in total. The van der Waals surface area contributed by atoms with Crippen LogP contribution in [0.2, 0.25) is 0 Å². The van der Waals surface area contributed by atoms with Crippen molar-refractivity contribution in [3.63, 3.8) is 0 Å². The number of carbonyl (C=O) groups is 1. The van der Waals surface area contributed by atoms with Crippen LogP contribution in [0.15, 0.2) is 24.3 Å². The molecular formula is C14H20F2N2O2. The number of amides is 1. The van der Waals surface area contributed by atoms with Crippen molar-refractivity contribution >= 4 is 5.91 Å². The Bertz CT molecular complexity index is 410. The summed E-state index contributed by atoms with van der Waals surface area (Å²) in [7, 11) is 0. The van der Waals surface area contributed by atoms with Crippen LogP contribution in [0, 0.1) is 0 Å². The van der Waals surface area contributed by atoms with Crippen LogP contribution in [0.3, 0.4) is 0 Å². The molecule has 1 atom stereocenters. The summed E-state index contributed by atoms with van der Waals surface area (Å²) >= 11 is 0. The summed E-state index contributed by atoms with van der Waals surface area (Å²) in [5.74, 6) is 0.0713. The summed E-state index contributed by atoms with van der Waals surface area (Å²) < 4.78 is 28.2. The zero-order valence-electron chi connectivity index (χ0n) is 11.7. The number of hydrogen-bond acceptors (Lipinski definition) is 3. The van der Waals surface area contributed by atoms with E-state index in [0.717, 1.165) is 12.0 Å². The van der Waals surface area contributed by atoms with Crippen LogP contribution in [0.5, 0.6) is 5.75 Å². The van der Waals surface area contributed by atoms with Crippen molar-refractivity contribution < 1.29 is 18.3 Å². The molecule has 0 saturated carbocycles. The third kappa shape index (κ3) is 5.97. The fourth-order valence-corrected chi connectivity index (χ4v) is 1.55. The van der Waals surface area contributed by atoms with Gasteiger partial charge in [0.1, 0.15) is 5.75 Å². The average molecular weight is 286 g/mol. The van der Waals surface area contributed by atoms with Gasteiger partial charge in [-0.15, -0.1) is 0 Å². The summed E-state index contributed by atoms with van der Waals surface area (Å²) in [5.41, 5.74) is 0.891. The van der Waals surface area contributed by atoms with Crippen LogP contribution < -0.4 is 15.4 Å². The van der Waals surface area contributed by atoms with Gasteiger partial charge in [0, 0.05) is 13.1 Å². The van der Waals surface area contributed by atoms with Gasteiger partial charge in [-0.3, -0.25) is 4.79 Å². The molecule has 0 radical (unpaired) electrons. The van der Waals surface area contributed by atoms with Gasteiger partial charge in [-0.05, 0) is 31.0 Å². The minimum absolute atomic E-state index is 0.0514. The maximum Gasteiger partial charge on any atom is 0.387 e. The minimum Gasteiger partial charge on any atom is -0.435 e. The maximum absolute atomic E-state index is 12.0. The second-order valence-electron chi connectivity index (χ2n) is 4.42. The Labute approximate surface area is 117 Å². The molecular weight excluding hydrogens is 266 g/mol. The lowest BCUT2D eigenvalue weighted by molar-refractivity contribution is -0.122. The molecule has 1 unspecified atom stereocenters. The monoisotopic (exact) mass is 286 g/mol. The molecule has 1 rings (SSSR count). The molecule has 1 aromatic carbocycles. The zero-order chi connectivity index (χ0) is 15.0. The molecule has 0 aliphatic heterocycles. The molecule has 112 valence electrons. The first-order chi connectivity index (χ1) is 9.52. The van der Waals surface area contributed by atoms with E-state index in [1.165, 1.54) is 12.1 Å². The number of nitrogens with one attached hydrogen (secondary N) is 2. The van der Waals surface area contributed by atoms with Crippen molar-refractivity contribution in [1.82, 2.24) is 10.6 Å². The Morgan fingerprint density at radius 2 is 1.95 bits per heavy atom. The van der Waals surface area contributed by atoms with E-state index in [-0.39, 0.29) is 17.7 Å². The lowest BCUT2D eigenvalue weighted by Gasteiger charge is -2.14. The number of hydrogen-bond donors (Lipinski definition) is 2. The SMILES string of the molecule is CCCNC(=O)C(C)NCc1ccc(OC(F)F)cc1. The van der Waals surface area contributed by atoms with Gasteiger partial charge in [0.2, 0.25) is 5.91 Å². The fraction of sp³-hybridized carbons (Fsp3) is 0.500. The third-order valence-electron chi connectivity index (χ3n) is 2.70. The van der Waals surface area contributed by atoms with E-state index in [9.17, 15) is 13.6 Å². The Hall–Kier alpha value is -1.69. The molecule has 0 aliphatic carbocycles. The highest BCUT2D eigenvalue weighted by Crippen LogP contribution is 2.14. The van der Waals surface area contributed by atoms with Crippen molar-refractivity contribution in [3.05, 3.63) is 29.8 Å². The number of ether oxygens (including phenoxy) is 1. The van der Waals surface area contributed by atoms with Crippen LogP contribution in [-0.4, -0.2) is 25.1 Å². The Kier molecular flexibility index (Phi) is 6.93. The molecule has 0 saturated heterocycles. The molecule has 0 fully saturated rings. The fourth-order valence-electron chi connectivity index (χ4n) is 1.55. The lowest BCUT2D eigenvalue weighted by Crippen LogP contribution is -2.42. The van der Waals surface area contributed by atoms with Crippen LogP contribution >= 0.6 is 0 Å². The normalized spacial score (nSPS) is 12.2. The van der Waals surface area contributed by atoms with Gasteiger partial charge in [0.05, 0.1) is 6.04 Å². The number of benzene rings is 1. The quantitative estimate of drug-likeness (QED) is 0.771. The van der Waals surface area contributed by atoms with E-state index in [1.807, 2.05) is 6.92 Å². The summed E-state index contributed by atoms with van der Waals surface area (Å²) in [4.78, 5) is 11.6. The van der Waals surface area contributed by atoms with Crippen molar-refractivity contribution in [1.29, 1.82) is 0 Å². The second-order valence-corrected chi connectivity index (χ2v) is 4.42. The molecule has 20 heavy (non-hydrogen) atoms. The highest BCUT2D eigenvalue weighted by Gasteiger charge is 2.11. The number of alkyl halides is 2. The van der Waals surface area contributed by atoms with Crippen LogP contribution in [0.1, 0.15) is 25.8 Å². The predicted octanol–water partition coefficient (Wildman–Crippen LogP) is 2.29. The summed E-state index contributed by atoms with van der Waals surface area (Å²) in [6.45, 7) is 2.09. The average Bonchev–Trinajstić information content (AvgIpc) is 2.43. The predicted molar refractivity (Wildman–Crippen MR) is 72.7 cm³/mol. The highest BCUT2D eigenvalue weighted by molar-refractivity contribution is 5.81. The maximum atomic E-state index is 12.0. The van der Waals surface area contributed by atoms with E-state index in [2.05, 4.69) is 15.4 Å². The Morgan fingerprint density at radius 1 is 1.30 bits per heavy atom. The minimum atomic E-state index is -2.82. The van der Waals surface area contributed by atoms with Gasteiger partial charge in [-0.25, -0.2) is 0 Å². The first kappa shape index (κ1) is 16.4. The van der Waals surface area contributed by atoms with Gasteiger partial charge in [-0.2, -0.15) is 8.78 Å². The van der Waals surface area contributed by atoms with Gasteiger partial charge >= 0.3 is 6.61 Å². The summed E-state index contributed by atoms with van der Waals surface area (Å²) in [6, 6.07) is 6.01. The lowest BCUT2D eigenvalue weighted by atomic mass is 10.2. The Morgan fingerprint density at radius 3 is 2.50 bits per heavy atom. The molecule has 0 bridgehead atoms. The van der Waals surface area contributed by atoms with Gasteiger partial charge < -0.3 is 15.4 Å². The Balaban J connectivity index is 2.39. The van der Waals surface area contributed by atoms with E-state index in [0.29, 0.717) is 13.1 Å². The van der Waals surface area contributed by atoms with Crippen molar-refractivity contribution in [3.8, 4) is 5.75 Å². The van der Waals surface area contributed by atoms with Gasteiger partial charge in [0.15, 0.2) is 0 Å². The van der Waals surface area contributed by atoms with E-state index in [4.69, 9.17) is 0 Å². The molecule has 0 aliphatic rings. The number of halogens is 2. The summed E-state index contributed by atoms with van der Waals surface area (Å²) in [5, 5.41) is 5.86. The molecule has 6 heteroatoms. The van der Waals surface area contributed by atoms with Crippen LogP contribution in [-0.2, 0) is 11.3 Å². The molecule has 0 heterocycles. The summed E-state index contributed by atoms with van der Waals surface area (Å²) in [6.07, 6.45) is 0.893. The van der Waals surface area contributed by atoms with Crippen molar-refractivity contribution in [2.75, 3.05) is 6.54 Å². The second kappa shape index (κ2) is 8.47. The van der Waals surface area contributed by atoms with E-state index >= 15 is 0 Å². The smallest absolute Gasteiger partial charge is 0.387 e. The van der Waals surface area contributed by atoms with E-state index in [1.54, 1.807) is 19.1 Å². The van der Waals surface area contributed by atoms with Gasteiger partial charge in [-0.1, -0.05) is 19.1 Å². The largest absolute Gasteiger partial charge is 0.435 e. The number of rotatable bonds is 8. The van der Waals surface area contributed by atoms with Crippen LogP contribution in [0.4, 0.5) is 8.78 Å². The molecule has 2 N–H and O–H groups in total. The third-order valence-corrected chi connectivity index (χ3v) is 2.70. The van der Waals surface area contributed by atoms with Gasteiger partial charge in [0.25, 0.3) is 0 Å². The van der Waals surface area contributed by atoms with Crippen molar-refractivity contribution in [2.45, 2.75) is 39.5 Å². The first-order valence-corrected chi connectivity index (χ1v) is 6.57. The standard InChI is InChI=1S/C14H20F2N2O2/c1-3-8-17-13(19)10(2)18-9-11-4-6-12(7-5-11)20-14(15)16/h4-7,10,14,18H,3,8-9H2,1-2H3,(H,17,19). The molecule has 0 spiro atoms.